The largest absolute Gasteiger partial charge is 0.396 e. The predicted molar refractivity (Wildman–Crippen MR) is 63.5 cm³/mol. The second-order valence-corrected chi connectivity index (χ2v) is 5.68. The first kappa shape index (κ1) is 12.7. The summed E-state index contributed by atoms with van der Waals surface area (Å²) in [6, 6.07) is -0.355. The van der Waals surface area contributed by atoms with E-state index in [1.54, 1.807) is 0 Å². The standard InChI is InChI=1S/C8H9FNO2PS2/c9-13(15)4-3-6(5-14)10-7(11)1-2-8(10)12/h1-2,6H,3-5H2/p+1. The van der Waals surface area contributed by atoms with Gasteiger partial charge in [0.25, 0.3) is 11.8 Å². The van der Waals surface area contributed by atoms with Crippen LogP contribution in [0.2, 0.25) is 0 Å². The van der Waals surface area contributed by atoms with Gasteiger partial charge in [-0.1, -0.05) is 0 Å². The smallest absolute Gasteiger partial charge is 0.271 e. The molecule has 0 spiro atoms. The maximum absolute atomic E-state index is 12.5. The van der Waals surface area contributed by atoms with E-state index in [4.69, 9.17) is 0 Å². The van der Waals surface area contributed by atoms with Crippen LogP contribution in [-0.4, -0.2) is 34.7 Å². The number of hydrogen-bond acceptors (Lipinski definition) is 4. The van der Waals surface area contributed by atoms with Crippen molar-refractivity contribution in [1.82, 2.24) is 4.90 Å². The third-order valence-corrected chi connectivity index (χ3v) is 3.64. The molecule has 82 valence electrons. The number of halogens is 1. The second-order valence-electron chi connectivity index (χ2n) is 3.05. The van der Waals surface area contributed by atoms with E-state index < -0.39 is 7.01 Å². The third-order valence-electron chi connectivity index (χ3n) is 2.06. The molecule has 1 aliphatic rings. The number of imide groups is 1. The number of thiol groups is 1. The van der Waals surface area contributed by atoms with Crippen LogP contribution in [0.15, 0.2) is 12.2 Å². The maximum Gasteiger partial charge on any atom is 0.396 e. The lowest BCUT2D eigenvalue weighted by atomic mass is 10.2. The summed E-state index contributed by atoms with van der Waals surface area (Å²) in [5, 5.41) is 0. The van der Waals surface area contributed by atoms with Crippen molar-refractivity contribution in [3.8, 4) is 0 Å². The van der Waals surface area contributed by atoms with Crippen molar-refractivity contribution in [2.75, 3.05) is 11.9 Å². The minimum atomic E-state index is -1.90. The summed E-state index contributed by atoms with van der Waals surface area (Å²) in [5.74, 6) is -0.379. The van der Waals surface area contributed by atoms with Gasteiger partial charge in [0, 0.05) is 28.5 Å². The van der Waals surface area contributed by atoms with Crippen LogP contribution < -0.4 is 0 Å². The van der Waals surface area contributed by atoms with Gasteiger partial charge in [-0.25, -0.2) is 0 Å². The minimum Gasteiger partial charge on any atom is -0.271 e. The quantitative estimate of drug-likeness (QED) is 0.464. The Hall–Kier alpha value is -0.320. The Kier molecular flexibility index (Phi) is 4.83. The molecule has 1 heterocycles. The fourth-order valence-corrected chi connectivity index (χ4v) is 2.49. The molecule has 0 aliphatic carbocycles. The Morgan fingerprint density at radius 3 is 2.40 bits per heavy atom. The summed E-state index contributed by atoms with van der Waals surface area (Å²) in [4.78, 5) is 23.7. The summed E-state index contributed by atoms with van der Waals surface area (Å²) in [5.41, 5.74) is 0. The van der Waals surface area contributed by atoms with Crippen LogP contribution in [0.4, 0.5) is 4.20 Å². The van der Waals surface area contributed by atoms with Crippen molar-refractivity contribution in [2.24, 2.45) is 0 Å². The molecule has 2 amide bonds. The molecule has 0 saturated carbocycles. The van der Waals surface area contributed by atoms with E-state index in [1.807, 2.05) is 0 Å². The summed E-state index contributed by atoms with van der Waals surface area (Å²) < 4.78 is 12.5. The maximum atomic E-state index is 12.5. The molecule has 7 heteroatoms. The van der Waals surface area contributed by atoms with Gasteiger partial charge in [-0.05, 0) is 0 Å². The Morgan fingerprint density at radius 2 is 2.00 bits per heavy atom. The number of amides is 2. The highest BCUT2D eigenvalue weighted by atomic mass is 32.4. The van der Waals surface area contributed by atoms with E-state index in [0.29, 0.717) is 12.2 Å². The number of nitrogens with zero attached hydrogens (tertiary/aromatic N) is 1. The monoisotopic (exact) mass is 266 g/mol. The molecule has 0 aromatic carbocycles. The molecule has 3 nitrogen and oxygen atoms in total. The molecule has 0 aromatic heterocycles. The van der Waals surface area contributed by atoms with Gasteiger partial charge in [0.05, 0.1) is 6.04 Å². The lowest BCUT2D eigenvalue weighted by Gasteiger charge is -2.22. The molecule has 0 bridgehead atoms. The van der Waals surface area contributed by atoms with Crippen LogP contribution >= 0.6 is 19.6 Å². The van der Waals surface area contributed by atoms with Gasteiger partial charge in [-0.15, -0.1) is 0 Å². The normalized spacial score (nSPS) is 18.5. The van der Waals surface area contributed by atoms with Gasteiger partial charge >= 0.3 is 7.01 Å². The van der Waals surface area contributed by atoms with E-state index in [9.17, 15) is 13.8 Å². The highest BCUT2D eigenvalue weighted by Gasteiger charge is 2.31. The molecular formula is C8H10FNO2PS2+. The van der Waals surface area contributed by atoms with Gasteiger partial charge in [0.2, 0.25) is 11.8 Å². The zero-order valence-electron chi connectivity index (χ0n) is 7.80. The average Bonchev–Trinajstić information content (AvgIpc) is 2.49. The summed E-state index contributed by atoms with van der Waals surface area (Å²) >= 11 is 8.50. The molecule has 0 saturated heterocycles. The number of carbonyl (C=O) groups excluding carboxylic acids is 2. The Bertz CT molecular complexity index is 317. The van der Waals surface area contributed by atoms with E-state index in [-0.39, 0.29) is 24.0 Å². The molecule has 1 aliphatic heterocycles. The highest BCUT2D eigenvalue weighted by molar-refractivity contribution is 8.02. The van der Waals surface area contributed by atoms with Gasteiger partial charge in [0.15, 0.2) is 6.16 Å². The number of hydrogen-bond donors (Lipinski definition) is 1. The first-order chi connectivity index (χ1) is 7.06. The predicted octanol–water partition coefficient (Wildman–Crippen LogP) is 1.43. The molecule has 0 fully saturated rings. The molecular weight excluding hydrogens is 256 g/mol. The molecule has 0 aromatic rings. The van der Waals surface area contributed by atoms with Crippen molar-refractivity contribution >= 4 is 43.3 Å². The first-order valence-electron chi connectivity index (χ1n) is 4.32. The molecule has 1 rings (SSSR count). The molecule has 2 unspecified atom stereocenters. The van der Waals surface area contributed by atoms with Crippen LogP contribution in [0.1, 0.15) is 6.42 Å². The Labute approximate surface area is 98.7 Å². The van der Waals surface area contributed by atoms with Gasteiger partial charge in [-0.2, -0.15) is 12.6 Å². The highest BCUT2D eigenvalue weighted by Crippen LogP contribution is 2.25. The van der Waals surface area contributed by atoms with Crippen LogP contribution in [0.25, 0.3) is 0 Å². The molecule has 0 radical (unpaired) electrons. The van der Waals surface area contributed by atoms with Gasteiger partial charge in [-0.3, -0.25) is 14.5 Å². The fourth-order valence-electron chi connectivity index (χ4n) is 1.32. The summed E-state index contributed by atoms with van der Waals surface area (Å²) in [6.07, 6.45) is 3.02. The van der Waals surface area contributed by atoms with Crippen molar-refractivity contribution in [1.29, 1.82) is 0 Å². The summed E-state index contributed by atoms with van der Waals surface area (Å²) in [7, 11) is -1.90. The van der Waals surface area contributed by atoms with E-state index >= 15 is 0 Å². The van der Waals surface area contributed by atoms with Crippen molar-refractivity contribution < 1.29 is 13.8 Å². The molecule has 2 atom stereocenters. The second kappa shape index (κ2) is 5.68. The van der Waals surface area contributed by atoms with Crippen LogP contribution in [0.3, 0.4) is 0 Å². The lowest BCUT2D eigenvalue weighted by molar-refractivity contribution is -0.138. The van der Waals surface area contributed by atoms with Crippen molar-refractivity contribution in [3.63, 3.8) is 0 Å². The topological polar surface area (TPSA) is 37.4 Å². The van der Waals surface area contributed by atoms with E-state index in [1.165, 1.54) is 12.2 Å². The zero-order chi connectivity index (χ0) is 11.4. The van der Waals surface area contributed by atoms with E-state index in [0.717, 1.165) is 4.90 Å². The molecule has 0 N–H and O–H groups in total. The number of rotatable bonds is 5. The average molecular weight is 266 g/mol. The van der Waals surface area contributed by atoms with Gasteiger partial charge in [0.1, 0.15) is 0 Å². The van der Waals surface area contributed by atoms with Crippen LogP contribution in [-0.2, 0) is 21.4 Å². The minimum absolute atomic E-state index is 0.215. The van der Waals surface area contributed by atoms with E-state index in [2.05, 4.69) is 24.4 Å². The van der Waals surface area contributed by atoms with Crippen LogP contribution in [0.5, 0.6) is 0 Å². The first-order valence-corrected chi connectivity index (χ1v) is 7.39. The Balaban J connectivity index is 2.62. The SMILES string of the molecule is O=C1C=CC(=O)N1C(CS)CC[P+](F)=S. The van der Waals surface area contributed by atoms with Gasteiger partial charge < -0.3 is 0 Å². The zero-order valence-corrected chi connectivity index (χ0v) is 10.4. The van der Waals surface area contributed by atoms with Crippen molar-refractivity contribution in [3.05, 3.63) is 12.2 Å². The number of carbonyl (C=O) groups is 2. The van der Waals surface area contributed by atoms with Crippen LogP contribution in [0, 0.1) is 0 Å². The molecule has 15 heavy (non-hydrogen) atoms. The fraction of sp³-hybridized carbons (Fsp3) is 0.500. The lowest BCUT2D eigenvalue weighted by Crippen LogP contribution is -2.41. The third kappa shape index (κ3) is 3.33. The summed E-state index contributed by atoms with van der Waals surface area (Å²) in [6.45, 7) is 0. The Morgan fingerprint density at radius 1 is 1.47 bits per heavy atom. The van der Waals surface area contributed by atoms with Crippen molar-refractivity contribution in [2.45, 2.75) is 12.5 Å².